The van der Waals surface area contributed by atoms with E-state index in [0.717, 1.165) is 0 Å². The molecule has 1 aromatic rings. The number of rotatable bonds is 8. The molecule has 116 valence electrons. The Hall–Kier alpha value is -2.15. The van der Waals surface area contributed by atoms with Gasteiger partial charge in [-0.1, -0.05) is 0 Å². The SMILES string of the molecule is CCNc1ccc(C(=O)NCC(C)OCC)cc1[N+](=O)[O-]. The van der Waals surface area contributed by atoms with E-state index in [9.17, 15) is 14.9 Å². The Bertz CT molecular complexity index is 505. The second-order valence-electron chi connectivity index (χ2n) is 4.50. The molecule has 0 spiro atoms. The lowest BCUT2D eigenvalue weighted by molar-refractivity contribution is -0.384. The largest absolute Gasteiger partial charge is 0.380 e. The van der Waals surface area contributed by atoms with E-state index in [-0.39, 0.29) is 23.3 Å². The van der Waals surface area contributed by atoms with Gasteiger partial charge in [-0.2, -0.15) is 0 Å². The molecule has 1 unspecified atom stereocenters. The molecule has 7 heteroatoms. The molecule has 0 saturated heterocycles. The third-order valence-corrected chi connectivity index (χ3v) is 2.83. The van der Waals surface area contributed by atoms with E-state index in [0.29, 0.717) is 25.4 Å². The summed E-state index contributed by atoms with van der Waals surface area (Å²) in [5, 5.41) is 16.6. The Balaban J connectivity index is 2.81. The Labute approximate surface area is 123 Å². The number of nitrogens with one attached hydrogen (secondary N) is 2. The van der Waals surface area contributed by atoms with E-state index in [1.807, 2.05) is 20.8 Å². The molecule has 0 radical (unpaired) electrons. The second-order valence-corrected chi connectivity index (χ2v) is 4.50. The quantitative estimate of drug-likeness (QED) is 0.566. The van der Waals surface area contributed by atoms with Gasteiger partial charge in [-0.15, -0.1) is 0 Å². The predicted molar refractivity (Wildman–Crippen MR) is 80.7 cm³/mol. The van der Waals surface area contributed by atoms with E-state index >= 15 is 0 Å². The lowest BCUT2D eigenvalue weighted by Crippen LogP contribution is -2.32. The van der Waals surface area contributed by atoms with Crippen molar-refractivity contribution in [1.82, 2.24) is 5.32 Å². The third-order valence-electron chi connectivity index (χ3n) is 2.83. The van der Waals surface area contributed by atoms with E-state index in [1.165, 1.54) is 6.07 Å². The summed E-state index contributed by atoms with van der Waals surface area (Å²) in [6, 6.07) is 4.38. The summed E-state index contributed by atoms with van der Waals surface area (Å²) in [7, 11) is 0. The molecular weight excluding hydrogens is 274 g/mol. The van der Waals surface area contributed by atoms with Crippen molar-refractivity contribution in [2.75, 3.05) is 25.0 Å². The fraction of sp³-hybridized carbons (Fsp3) is 0.500. The highest BCUT2D eigenvalue weighted by atomic mass is 16.6. The molecule has 7 nitrogen and oxygen atoms in total. The van der Waals surface area contributed by atoms with Crippen LogP contribution in [0.2, 0.25) is 0 Å². The Morgan fingerprint density at radius 3 is 2.71 bits per heavy atom. The fourth-order valence-corrected chi connectivity index (χ4v) is 1.85. The predicted octanol–water partition coefficient (Wildman–Crippen LogP) is 2.18. The van der Waals surface area contributed by atoms with Crippen molar-refractivity contribution >= 4 is 17.3 Å². The van der Waals surface area contributed by atoms with Crippen LogP contribution in [-0.4, -0.2) is 36.6 Å². The van der Waals surface area contributed by atoms with Gasteiger partial charge in [-0.25, -0.2) is 0 Å². The topological polar surface area (TPSA) is 93.5 Å². The van der Waals surface area contributed by atoms with E-state index < -0.39 is 4.92 Å². The minimum atomic E-state index is -0.502. The first kappa shape index (κ1) is 16.9. The number of nitro groups is 1. The summed E-state index contributed by atoms with van der Waals surface area (Å²) >= 11 is 0. The van der Waals surface area contributed by atoms with Gasteiger partial charge >= 0.3 is 0 Å². The number of carbonyl (C=O) groups is 1. The second kappa shape index (κ2) is 8.21. The van der Waals surface area contributed by atoms with Crippen LogP contribution in [0.25, 0.3) is 0 Å². The Morgan fingerprint density at radius 2 is 2.14 bits per heavy atom. The van der Waals surface area contributed by atoms with E-state index in [2.05, 4.69) is 10.6 Å². The number of benzene rings is 1. The molecule has 2 N–H and O–H groups in total. The van der Waals surface area contributed by atoms with Gasteiger partial charge in [0.25, 0.3) is 11.6 Å². The monoisotopic (exact) mass is 295 g/mol. The molecule has 1 rings (SSSR count). The molecule has 1 aromatic carbocycles. The van der Waals surface area contributed by atoms with Crippen LogP contribution in [0, 0.1) is 10.1 Å². The maximum Gasteiger partial charge on any atom is 0.293 e. The van der Waals surface area contributed by atoms with Crippen LogP contribution >= 0.6 is 0 Å². The summed E-state index contributed by atoms with van der Waals surface area (Å²) in [6.45, 7) is 7.06. The number of amides is 1. The molecule has 0 saturated carbocycles. The molecule has 0 aliphatic rings. The van der Waals surface area contributed by atoms with Crippen molar-refractivity contribution in [3.05, 3.63) is 33.9 Å². The average Bonchev–Trinajstić information content (AvgIpc) is 2.45. The van der Waals surface area contributed by atoms with Gasteiger partial charge in [-0.05, 0) is 32.9 Å². The Morgan fingerprint density at radius 1 is 1.43 bits per heavy atom. The smallest absolute Gasteiger partial charge is 0.293 e. The number of hydrogen-bond donors (Lipinski definition) is 2. The maximum atomic E-state index is 12.0. The van der Waals surface area contributed by atoms with Gasteiger partial charge in [0.1, 0.15) is 5.69 Å². The molecule has 0 aliphatic carbocycles. The summed E-state index contributed by atoms with van der Waals surface area (Å²) < 4.78 is 5.31. The van der Waals surface area contributed by atoms with Crippen LogP contribution in [0.5, 0.6) is 0 Å². The summed E-state index contributed by atoms with van der Waals surface area (Å²) in [5.74, 6) is -0.354. The van der Waals surface area contributed by atoms with Crippen molar-refractivity contribution in [1.29, 1.82) is 0 Å². The van der Waals surface area contributed by atoms with Crippen LogP contribution in [-0.2, 0) is 4.74 Å². The Kier molecular flexibility index (Phi) is 6.61. The number of carbonyl (C=O) groups excluding carboxylic acids is 1. The fourth-order valence-electron chi connectivity index (χ4n) is 1.85. The lowest BCUT2D eigenvalue weighted by atomic mass is 10.1. The van der Waals surface area contributed by atoms with E-state index in [1.54, 1.807) is 12.1 Å². The number of nitro benzene ring substituents is 1. The minimum absolute atomic E-state index is 0.102. The number of anilines is 1. The molecule has 1 amide bonds. The first-order chi connectivity index (χ1) is 9.99. The van der Waals surface area contributed by atoms with Gasteiger partial charge in [0.05, 0.1) is 11.0 Å². The van der Waals surface area contributed by atoms with Gasteiger partial charge in [0, 0.05) is 31.3 Å². The number of hydrogen-bond acceptors (Lipinski definition) is 5. The molecule has 1 atom stereocenters. The van der Waals surface area contributed by atoms with Gasteiger partial charge < -0.3 is 15.4 Å². The van der Waals surface area contributed by atoms with Crippen LogP contribution in [0.3, 0.4) is 0 Å². The van der Waals surface area contributed by atoms with Crippen molar-refractivity contribution in [2.24, 2.45) is 0 Å². The van der Waals surface area contributed by atoms with Crippen LogP contribution in [0.1, 0.15) is 31.1 Å². The van der Waals surface area contributed by atoms with Crippen molar-refractivity contribution < 1.29 is 14.5 Å². The lowest BCUT2D eigenvalue weighted by Gasteiger charge is -2.13. The standard InChI is InChI=1S/C14H21N3O4/c1-4-15-12-7-6-11(8-13(12)17(19)20)14(18)16-9-10(3)21-5-2/h6-8,10,15H,4-5,9H2,1-3H3,(H,16,18). The molecule has 0 heterocycles. The zero-order chi connectivity index (χ0) is 15.8. The molecular formula is C14H21N3O4. The highest BCUT2D eigenvalue weighted by Gasteiger charge is 2.17. The van der Waals surface area contributed by atoms with Gasteiger partial charge in [0.2, 0.25) is 0 Å². The highest BCUT2D eigenvalue weighted by Crippen LogP contribution is 2.25. The van der Waals surface area contributed by atoms with Crippen LogP contribution < -0.4 is 10.6 Å². The zero-order valence-electron chi connectivity index (χ0n) is 12.5. The highest BCUT2D eigenvalue weighted by molar-refractivity contribution is 5.95. The normalized spacial score (nSPS) is 11.8. The number of nitrogens with zero attached hydrogens (tertiary/aromatic N) is 1. The first-order valence-electron chi connectivity index (χ1n) is 6.91. The molecule has 0 bridgehead atoms. The zero-order valence-corrected chi connectivity index (χ0v) is 12.5. The molecule has 0 fully saturated rings. The van der Waals surface area contributed by atoms with Gasteiger partial charge in [-0.3, -0.25) is 14.9 Å². The summed E-state index contributed by atoms with van der Waals surface area (Å²) in [5.41, 5.74) is 0.552. The molecule has 21 heavy (non-hydrogen) atoms. The number of ether oxygens (including phenoxy) is 1. The minimum Gasteiger partial charge on any atom is -0.380 e. The molecule has 0 aromatic heterocycles. The summed E-state index contributed by atoms with van der Waals surface area (Å²) in [6.07, 6.45) is -0.102. The average molecular weight is 295 g/mol. The summed E-state index contributed by atoms with van der Waals surface area (Å²) in [4.78, 5) is 22.5. The first-order valence-corrected chi connectivity index (χ1v) is 6.91. The van der Waals surface area contributed by atoms with Crippen molar-refractivity contribution in [2.45, 2.75) is 26.9 Å². The molecule has 0 aliphatic heterocycles. The van der Waals surface area contributed by atoms with Crippen molar-refractivity contribution in [3.8, 4) is 0 Å². The van der Waals surface area contributed by atoms with Gasteiger partial charge in [0.15, 0.2) is 0 Å². The van der Waals surface area contributed by atoms with Crippen LogP contribution in [0.15, 0.2) is 18.2 Å². The third kappa shape index (κ3) is 5.03. The van der Waals surface area contributed by atoms with Crippen molar-refractivity contribution in [3.63, 3.8) is 0 Å². The van der Waals surface area contributed by atoms with E-state index in [4.69, 9.17) is 4.74 Å². The van der Waals surface area contributed by atoms with Crippen LogP contribution in [0.4, 0.5) is 11.4 Å². The maximum absolute atomic E-state index is 12.0.